The van der Waals surface area contributed by atoms with E-state index >= 15 is 0 Å². The first-order chi connectivity index (χ1) is 8.26. The topological polar surface area (TPSA) is 43.1 Å². The van der Waals surface area contributed by atoms with Crippen LogP contribution in [-0.2, 0) is 0 Å². The monoisotopic (exact) mass is 252 g/mol. The summed E-state index contributed by atoms with van der Waals surface area (Å²) in [6.45, 7) is 4.39. The molecule has 2 rings (SSSR count). The van der Waals surface area contributed by atoms with Gasteiger partial charge in [-0.25, -0.2) is 4.98 Å². The molecule has 0 saturated carbocycles. The quantitative estimate of drug-likeness (QED) is 0.766. The van der Waals surface area contributed by atoms with E-state index in [9.17, 15) is 0 Å². The molecular formula is C12H17ClN4. The normalized spacial score (nSPS) is 11.5. The highest BCUT2D eigenvalue weighted by atomic mass is 35.5. The van der Waals surface area contributed by atoms with Crippen molar-refractivity contribution in [1.29, 1.82) is 0 Å². The zero-order valence-electron chi connectivity index (χ0n) is 10.2. The van der Waals surface area contributed by atoms with E-state index in [1.807, 2.05) is 4.40 Å². The maximum Gasteiger partial charge on any atom is 0.165 e. The van der Waals surface area contributed by atoms with Gasteiger partial charge in [-0.05, 0) is 12.8 Å². The van der Waals surface area contributed by atoms with Gasteiger partial charge in [-0.3, -0.25) is 4.40 Å². The van der Waals surface area contributed by atoms with Gasteiger partial charge in [0.05, 0.1) is 0 Å². The van der Waals surface area contributed by atoms with E-state index in [-0.39, 0.29) is 0 Å². The van der Waals surface area contributed by atoms with Crippen LogP contribution in [0.5, 0.6) is 0 Å². The summed E-state index contributed by atoms with van der Waals surface area (Å²) < 4.78 is 1.95. The number of rotatable bonds is 5. The number of hydrogen-bond donors (Lipinski definition) is 0. The van der Waals surface area contributed by atoms with Crippen molar-refractivity contribution in [2.45, 2.75) is 45.4 Å². The molecule has 17 heavy (non-hydrogen) atoms. The van der Waals surface area contributed by atoms with E-state index < -0.39 is 0 Å². The molecule has 5 heteroatoms. The maximum absolute atomic E-state index is 5.84. The van der Waals surface area contributed by atoms with Gasteiger partial charge in [-0.1, -0.05) is 38.3 Å². The molecule has 0 unspecified atom stereocenters. The predicted molar refractivity (Wildman–Crippen MR) is 68.3 cm³/mol. The molecule has 0 aliphatic carbocycles. The van der Waals surface area contributed by atoms with E-state index in [0.717, 1.165) is 37.2 Å². The lowest BCUT2D eigenvalue weighted by Gasteiger charge is -2.12. The number of hydrogen-bond acceptors (Lipinski definition) is 3. The van der Waals surface area contributed by atoms with Gasteiger partial charge < -0.3 is 0 Å². The van der Waals surface area contributed by atoms with Crippen LogP contribution in [0.15, 0.2) is 12.4 Å². The third-order valence-electron chi connectivity index (χ3n) is 2.93. The number of fused-ring (bicyclic) bond motifs is 1. The Kier molecular flexibility index (Phi) is 3.94. The number of aromatic nitrogens is 4. The molecule has 0 aliphatic heterocycles. The van der Waals surface area contributed by atoms with Crippen LogP contribution in [0, 0.1) is 0 Å². The van der Waals surface area contributed by atoms with Crippen LogP contribution in [0.2, 0.25) is 5.15 Å². The number of nitrogens with zero attached hydrogens (tertiary/aromatic N) is 4. The lowest BCUT2D eigenvalue weighted by Crippen LogP contribution is -2.04. The molecule has 0 radical (unpaired) electrons. The summed E-state index contributed by atoms with van der Waals surface area (Å²) in [6.07, 6.45) is 6.29. The van der Waals surface area contributed by atoms with Gasteiger partial charge >= 0.3 is 0 Å². The Bertz CT molecular complexity index is 488. The van der Waals surface area contributed by atoms with Gasteiger partial charge in [0.25, 0.3) is 0 Å². The Labute approximate surface area is 106 Å². The fourth-order valence-electron chi connectivity index (χ4n) is 2.17. The first-order valence-corrected chi connectivity index (χ1v) is 6.50. The zero-order chi connectivity index (χ0) is 12.3. The summed E-state index contributed by atoms with van der Waals surface area (Å²) in [5.74, 6) is 1.47. The second kappa shape index (κ2) is 5.45. The highest BCUT2D eigenvalue weighted by Gasteiger charge is 2.16. The van der Waals surface area contributed by atoms with Crippen LogP contribution in [0.25, 0.3) is 5.65 Å². The van der Waals surface area contributed by atoms with Crippen molar-refractivity contribution in [2.75, 3.05) is 0 Å². The van der Waals surface area contributed by atoms with Crippen molar-refractivity contribution in [3.63, 3.8) is 0 Å². The lowest BCUT2D eigenvalue weighted by molar-refractivity contribution is 0.528. The highest BCUT2D eigenvalue weighted by molar-refractivity contribution is 6.29. The summed E-state index contributed by atoms with van der Waals surface area (Å²) in [5.41, 5.74) is 0.775. The summed E-state index contributed by atoms with van der Waals surface area (Å²) in [5, 5.41) is 8.90. The lowest BCUT2D eigenvalue weighted by atomic mass is 9.97. The van der Waals surface area contributed by atoms with Gasteiger partial charge in [0.1, 0.15) is 17.3 Å². The Hall–Kier alpha value is -1.16. The first-order valence-electron chi connectivity index (χ1n) is 6.12. The minimum Gasteiger partial charge on any atom is -0.269 e. The number of halogens is 1. The minimum atomic E-state index is 0.457. The molecule has 0 N–H and O–H groups in total. The molecule has 0 atom stereocenters. The fourth-order valence-corrected chi connectivity index (χ4v) is 2.31. The average molecular weight is 253 g/mol. The van der Waals surface area contributed by atoms with Gasteiger partial charge in [0.15, 0.2) is 5.65 Å². The molecular weight excluding hydrogens is 236 g/mol. The van der Waals surface area contributed by atoms with E-state index in [1.54, 1.807) is 12.4 Å². The highest BCUT2D eigenvalue weighted by Crippen LogP contribution is 2.25. The Morgan fingerprint density at radius 1 is 1.24 bits per heavy atom. The van der Waals surface area contributed by atoms with Crippen molar-refractivity contribution in [3.05, 3.63) is 23.4 Å². The summed E-state index contributed by atoms with van der Waals surface area (Å²) in [7, 11) is 0. The Balaban J connectivity index is 2.39. The molecule has 0 amide bonds. The molecule has 0 bridgehead atoms. The smallest absolute Gasteiger partial charge is 0.165 e. The van der Waals surface area contributed by atoms with Gasteiger partial charge in [-0.2, -0.15) is 0 Å². The SMILES string of the molecule is CCCC(CCC)c1nnc2cc(Cl)ncn12. The van der Waals surface area contributed by atoms with Crippen LogP contribution < -0.4 is 0 Å². The molecule has 92 valence electrons. The first kappa shape index (κ1) is 12.3. The fraction of sp³-hybridized carbons (Fsp3) is 0.583. The van der Waals surface area contributed by atoms with Crippen LogP contribution in [0.3, 0.4) is 0 Å². The van der Waals surface area contributed by atoms with Crippen molar-refractivity contribution in [3.8, 4) is 0 Å². The second-order valence-corrected chi connectivity index (χ2v) is 4.66. The van der Waals surface area contributed by atoms with Gasteiger partial charge in [-0.15, -0.1) is 10.2 Å². The van der Waals surface area contributed by atoms with Crippen LogP contribution in [0.1, 0.15) is 51.3 Å². The predicted octanol–water partition coefficient (Wildman–Crippen LogP) is 3.46. The Morgan fingerprint density at radius 2 is 1.94 bits per heavy atom. The van der Waals surface area contributed by atoms with Crippen molar-refractivity contribution in [1.82, 2.24) is 19.6 Å². The summed E-state index contributed by atoms with van der Waals surface area (Å²) >= 11 is 5.84. The largest absolute Gasteiger partial charge is 0.269 e. The van der Waals surface area contributed by atoms with Crippen molar-refractivity contribution >= 4 is 17.2 Å². The van der Waals surface area contributed by atoms with E-state index in [1.165, 1.54) is 0 Å². The van der Waals surface area contributed by atoms with Gasteiger partial charge in [0.2, 0.25) is 0 Å². The molecule has 2 aromatic rings. The summed E-state index contributed by atoms with van der Waals surface area (Å²) in [6, 6.07) is 1.74. The molecule has 0 spiro atoms. The van der Waals surface area contributed by atoms with E-state index in [2.05, 4.69) is 29.0 Å². The standard InChI is InChI=1S/C12H17ClN4/c1-3-5-9(6-4-2)12-16-15-11-7-10(13)14-8-17(11)12/h7-9H,3-6H2,1-2H3. The Morgan fingerprint density at radius 3 is 2.59 bits per heavy atom. The van der Waals surface area contributed by atoms with E-state index in [0.29, 0.717) is 11.1 Å². The average Bonchev–Trinajstić information content (AvgIpc) is 2.71. The minimum absolute atomic E-state index is 0.457. The van der Waals surface area contributed by atoms with Crippen molar-refractivity contribution < 1.29 is 0 Å². The molecule has 0 aromatic carbocycles. The van der Waals surface area contributed by atoms with Crippen molar-refractivity contribution in [2.24, 2.45) is 0 Å². The van der Waals surface area contributed by atoms with E-state index in [4.69, 9.17) is 11.6 Å². The molecule has 2 heterocycles. The molecule has 2 aromatic heterocycles. The summed E-state index contributed by atoms with van der Waals surface area (Å²) in [4.78, 5) is 4.09. The molecule has 0 saturated heterocycles. The zero-order valence-corrected chi connectivity index (χ0v) is 11.0. The van der Waals surface area contributed by atoms with Crippen LogP contribution >= 0.6 is 11.6 Å². The van der Waals surface area contributed by atoms with Gasteiger partial charge in [0, 0.05) is 12.0 Å². The second-order valence-electron chi connectivity index (χ2n) is 4.27. The van der Waals surface area contributed by atoms with Crippen LogP contribution in [0.4, 0.5) is 0 Å². The third kappa shape index (κ3) is 2.57. The third-order valence-corrected chi connectivity index (χ3v) is 3.14. The molecule has 0 aliphatic rings. The molecule has 4 nitrogen and oxygen atoms in total. The maximum atomic E-state index is 5.84. The molecule has 0 fully saturated rings. The van der Waals surface area contributed by atoms with Crippen LogP contribution in [-0.4, -0.2) is 19.6 Å².